The van der Waals surface area contributed by atoms with Gasteiger partial charge in [0.05, 0.1) is 11.9 Å². The van der Waals surface area contributed by atoms with Gasteiger partial charge in [-0.2, -0.15) is 5.10 Å². The normalized spacial score (nSPS) is 11.0. The summed E-state index contributed by atoms with van der Waals surface area (Å²) in [7, 11) is 0. The maximum Gasteiger partial charge on any atom is 0.573 e. The van der Waals surface area contributed by atoms with Crippen LogP contribution in [0.25, 0.3) is 0 Å². The van der Waals surface area contributed by atoms with Gasteiger partial charge in [-0.1, -0.05) is 12.1 Å². The molecule has 1 heterocycles. The number of carbonyl (C=O) groups excluding carboxylic acids is 1. The number of aromatic amines is 1. The molecule has 0 aliphatic carbocycles. The Labute approximate surface area is 117 Å². The number of benzene rings is 1. The molecule has 0 fully saturated rings. The van der Waals surface area contributed by atoms with Gasteiger partial charge in [0.15, 0.2) is 0 Å². The summed E-state index contributed by atoms with van der Waals surface area (Å²) in [4.78, 5) is 11.5. The van der Waals surface area contributed by atoms with E-state index in [1.54, 1.807) is 0 Å². The van der Waals surface area contributed by atoms with Gasteiger partial charge in [0, 0.05) is 12.7 Å². The maximum atomic E-state index is 12.0. The fourth-order valence-electron chi connectivity index (χ4n) is 1.49. The van der Waals surface area contributed by atoms with Crippen LogP contribution in [-0.4, -0.2) is 22.6 Å². The zero-order chi connectivity index (χ0) is 15.3. The molecule has 0 aliphatic heterocycles. The molecule has 0 saturated heterocycles. The lowest BCUT2D eigenvalue weighted by atomic mass is 10.2. The molecule has 0 radical (unpaired) electrons. The number of H-pyrrole nitrogens is 1. The van der Waals surface area contributed by atoms with E-state index in [9.17, 15) is 18.0 Å². The van der Waals surface area contributed by atoms with Gasteiger partial charge >= 0.3 is 12.4 Å². The lowest BCUT2D eigenvalue weighted by Gasteiger charge is -2.10. The van der Waals surface area contributed by atoms with Gasteiger partial charge in [-0.3, -0.25) is 5.10 Å². The number of rotatable bonds is 4. The Kier molecular flexibility index (Phi) is 4.31. The molecule has 21 heavy (non-hydrogen) atoms. The fraction of sp³-hybridized carbons (Fsp3) is 0.167. The van der Waals surface area contributed by atoms with E-state index >= 15 is 0 Å². The number of anilines is 1. The molecular weight excluding hydrogens is 289 g/mol. The predicted molar refractivity (Wildman–Crippen MR) is 67.6 cm³/mol. The monoisotopic (exact) mass is 300 g/mol. The summed E-state index contributed by atoms with van der Waals surface area (Å²) in [5.74, 6) is -0.311. The molecule has 6 nitrogen and oxygen atoms in total. The summed E-state index contributed by atoms with van der Waals surface area (Å²) < 4.78 is 39.7. The molecule has 0 bridgehead atoms. The first-order valence-electron chi connectivity index (χ1n) is 5.81. The van der Waals surface area contributed by atoms with Crippen molar-refractivity contribution < 1.29 is 22.7 Å². The minimum absolute atomic E-state index is 0.163. The number of aromatic nitrogens is 2. The van der Waals surface area contributed by atoms with E-state index < -0.39 is 12.4 Å². The van der Waals surface area contributed by atoms with E-state index in [-0.39, 0.29) is 12.3 Å². The molecule has 0 atom stereocenters. The van der Waals surface area contributed by atoms with Gasteiger partial charge in [-0.15, -0.1) is 13.2 Å². The zero-order valence-electron chi connectivity index (χ0n) is 10.6. The third kappa shape index (κ3) is 5.05. The predicted octanol–water partition coefficient (Wildman–Crippen LogP) is 2.63. The number of amides is 2. The van der Waals surface area contributed by atoms with Crippen molar-refractivity contribution in [2.75, 3.05) is 5.32 Å². The minimum atomic E-state index is -4.72. The summed E-state index contributed by atoms with van der Waals surface area (Å²) in [5.41, 5.74) is 1.13. The van der Waals surface area contributed by atoms with E-state index in [4.69, 9.17) is 0 Å². The Morgan fingerprint density at radius 1 is 1.29 bits per heavy atom. The topological polar surface area (TPSA) is 79.0 Å². The SMILES string of the molecule is O=C(NCc1ccc(OC(F)(F)F)cc1)Nc1cn[nH]c1. The molecule has 3 N–H and O–H groups in total. The lowest BCUT2D eigenvalue weighted by Crippen LogP contribution is -2.27. The number of nitrogens with one attached hydrogen (secondary N) is 3. The van der Waals surface area contributed by atoms with Gasteiger partial charge in [0.2, 0.25) is 0 Å². The van der Waals surface area contributed by atoms with Crippen LogP contribution in [-0.2, 0) is 6.54 Å². The van der Waals surface area contributed by atoms with E-state index in [0.29, 0.717) is 11.3 Å². The molecule has 0 spiro atoms. The van der Waals surface area contributed by atoms with Gasteiger partial charge in [-0.05, 0) is 17.7 Å². The van der Waals surface area contributed by atoms with Crippen LogP contribution in [0.4, 0.5) is 23.7 Å². The molecule has 2 amide bonds. The van der Waals surface area contributed by atoms with Crippen molar-refractivity contribution in [1.82, 2.24) is 15.5 Å². The third-order valence-electron chi connectivity index (χ3n) is 2.37. The lowest BCUT2D eigenvalue weighted by molar-refractivity contribution is -0.274. The summed E-state index contributed by atoms with van der Waals surface area (Å²) in [6.45, 7) is 0.163. The van der Waals surface area contributed by atoms with Gasteiger partial charge in [0.25, 0.3) is 0 Å². The first-order chi connectivity index (χ1) is 9.92. The molecular formula is C12H11F3N4O2. The van der Waals surface area contributed by atoms with Crippen LogP contribution < -0.4 is 15.4 Å². The maximum absolute atomic E-state index is 12.0. The molecule has 112 valence electrons. The van der Waals surface area contributed by atoms with Gasteiger partial charge in [0.1, 0.15) is 5.75 Å². The van der Waals surface area contributed by atoms with Crippen LogP contribution in [0.3, 0.4) is 0 Å². The number of hydrogen-bond donors (Lipinski definition) is 3. The van der Waals surface area contributed by atoms with Crippen molar-refractivity contribution in [2.24, 2.45) is 0 Å². The largest absolute Gasteiger partial charge is 0.573 e. The number of alkyl halides is 3. The fourth-order valence-corrected chi connectivity index (χ4v) is 1.49. The third-order valence-corrected chi connectivity index (χ3v) is 2.37. The second kappa shape index (κ2) is 6.16. The Morgan fingerprint density at radius 3 is 2.57 bits per heavy atom. The van der Waals surface area contributed by atoms with Crippen molar-refractivity contribution >= 4 is 11.7 Å². The highest BCUT2D eigenvalue weighted by molar-refractivity contribution is 5.88. The molecule has 0 aliphatic rings. The quantitative estimate of drug-likeness (QED) is 0.812. The first kappa shape index (κ1) is 14.7. The zero-order valence-corrected chi connectivity index (χ0v) is 10.6. The van der Waals surface area contributed by atoms with Crippen LogP contribution in [0, 0.1) is 0 Å². The van der Waals surface area contributed by atoms with Crippen molar-refractivity contribution in [2.45, 2.75) is 12.9 Å². The molecule has 1 aromatic heterocycles. The smallest absolute Gasteiger partial charge is 0.406 e. The Morgan fingerprint density at radius 2 is 2.00 bits per heavy atom. The van der Waals surface area contributed by atoms with Crippen molar-refractivity contribution in [3.8, 4) is 5.75 Å². The number of urea groups is 1. The van der Waals surface area contributed by atoms with E-state index in [1.165, 1.54) is 36.7 Å². The van der Waals surface area contributed by atoms with Crippen LogP contribution in [0.15, 0.2) is 36.7 Å². The van der Waals surface area contributed by atoms with Crippen LogP contribution in [0.1, 0.15) is 5.56 Å². The molecule has 1 aromatic carbocycles. The minimum Gasteiger partial charge on any atom is -0.406 e. The van der Waals surface area contributed by atoms with Crippen molar-refractivity contribution in [3.05, 3.63) is 42.2 Å². The Hall–Kier alpha value is -2.71. The summed E-state index contributed by atoms with van der Waals surface area (Å²) >= 11 is 0. The summed E-state index contributed by atoms with van der Waals surface area (Å²) in [5, 5.41) is 11.3. The van der Waals surface area contributed by atoms with Crippen LogP contribution in [0.5, 0.6) is 5.75 Å². The molecule has 2 aromatic rings. The van der Waals surface area contributed by atoms with Crippen LogP contribution >= 0.6 is 0 Å². The standard InChI is InChI=1S/C12H11F3N4O2/c13-12(14,15)21-10-3-1-8(2-4-10)5-16-11(20)19-9-6-17-18-7-9/h1-4,6-7H,5H2,(H,17,18)(H2,16,19,20). The van der Waals surface area contributed by atoms with E-state index in [0.717, 1.165) is 0 Å². The number of hydrogen-bond acceptors (Lipinski definition) is 3. The van der Waals surface area contributed by atoms with Crippen molar-refractivity contribution in [1.29, 1.82) is 0 Å². The molecule has 0 unspecified atom stereocenters. The number of nitrogens with zero attached hydrogens (tertiary/aromatic N) is 1. The highest BCUT2D eigenvalue weighted by Gasteiger charge is 2.30. The molecule has 9 heteroatoms. The number of carbonyl (C=O) groups is 1. The van der Waals surface area contributed by atoms with Crippen molar-refractivity contribution in [3.63, 3.8) is 0 Å². The van der Waals surface area contributed by atoms with Gasteiger partial charge in [-0.25, -0.2) is 4.79 Å². The highest BCUT2D eigenvalue weighted by atomic mass is 19.4. The number of halogens is 3. The second-order valence-electron chi connectivity index (χ2n) is 3.99. The van der Waals surface area contributed by atoms with E-state index in [2.05, 4.69) is 25.6 Å². The average molecular weight is 300 g/mol. The van der Waals surface area contributed by atoms with Crippen LogP contribution in [0.2, 0.25) is 0 Å². The molecule has 0 saturated carbocycles. The summed E-state index contributed by atoms with van der Waals surface area (Å²) in [6.07, 6.45) is -1.78. The van der Waals surface area contributed by atoms with Gasteiger partial charge < -0.3 is 15.4 Å². The Bertz CT molecular complexity index is 582. The highest BCUT2D eigenvalue weighted by Crippen LogP contribution is 2.22. The Balaban J connectivity index is 1.82. The summed E-state index contributed by atoms with van der Waals surface area (Å²) in [6, 6.07) is 4.77. The van der Waals surface area contributed by atoms with E-state index in [1.807, 2.05) is 0 Å². The first-order valence-corrected chi connectivity index (χ1v) is 5.81. The number of ether oxygens (including phenoxy) is 1. The second-order valence-corrected chi connectivity index (χ2v) is 3.99. The average Bonchev–Trinajstić information content (AvgIpc) is 2.89. The molecule has 2 rings (SSSR count).